The molecule has 29 heavy (non-hydrogen) atoms. The predicted octanol–water partition coefficient (Wildman–Crippen LogP) is 4.17. The molecule has 0 saturated carbocycles. The summed E-state index contributed by atoms with van der Waals surface area (Å²) in [5.74, 6) is -0.166. The lowest BCUT2D eigenvalue weighted by Gasteiger charge is -2.34. The third-order valence-electron chi connectivity index (χ3n) is 5.85. The summed E-state index contributed by atoms with van der Waals surface area (Å²) in [7, 11) is 0. The van der Waals surface area contributed by atoms with Crippen molar-refractivity contribution in [1.82, 2.24) is 9.80 Å². The number of hydrogen-bond acceptors (Lipinski definition) is 3. The number of halogens is 1. The lowest BCUT2D eigenvalue weighted by atomic mass is 10.1. The fraction of sp³-hybridized carbons (Fsp3) is 0.435. The zero-order valence-corrected chi connectivity index (χ0v) is 16.8. The molecule has 0 unspecified atom stereocenters. The van der Waals surface area contributed by atoms with Crippen LogP contribution in [0, 0.1) is 5.82 Å². The molecule has 2 aliphatic rings. The van der Waals surface area contributed by atoms with Crippen molar-refractivity contribution in [3.63, 3.8) is 0 Å². The van der Waals surface area contributed by atoms with Crippen LogP contribution >= 0.6 is 0 Å². The SMILES string of the molecule is O=C(Nc1ccc(N2CCCCC2)cc1)N1CCN(Cc2ccccc2F)CC1. The van der Waals surface area contributed by atoms with Gasteiger partial charge < -0.3 is 15.1 Å². The minimum atomic E-state index is -0.166. The Bertz CT molecular complexity index is 812. The highest BCUT2D eigenvalue weighted by Crippen LogP contribution is 2.22. The fourth-order valence-corrected chi connectivity index (χ4v) is 4.09. The molecule has 4 rings (SSSR count). The molecule has 2 heterocycles. The van der Waals surface area contributed by atoms with Gasteiger partial charge in [-0.3, -0.25) is 4.90 Å². The number of urea groups is 1. The highest BCUT2D eigenvalue weighted by molar-refractivity contribution is 5.89. The molecule has 6 heteroatoms. The average Bonchev–Trinajstić information content (AvgIpc) is 2.77. The number of amides is 2. The maximum absolute atomic E-state index is 13.8. The van der Waals surface area contributed by atoms with Gasteiger partial charge in [-0.15, -0.1) is 0 Å². The molecule has 1 N–H and O–H groups in total. The summed E-state index contributed by atoms with van der Waals surface area (Å²) >= 11 is 0. The van der Waals surface area contributed by atoms with E-state index in [4.69, 9.17) is 0 Å². The van der Waals surface area contributed by atoms with E-state index in [2.05, 4.69) is 27.2 Å². The summed E-state index contributed by atoms with van der Waals surface area (Å²) in [5, 5.41) is 3.01. The monoisotopic (exact) mass is 396 g/mol. The number of piperazine rings is 1. The molecule has 0 spiro atoms. The first kappa shape index (κ1) is 19.7. The van der Waals surface area contributed by atoms with Crippen LogP contribution in [-0.2, 0) is 6.54 Å². The maximum atomic E-state index is 13.8. The number of nitrogens with one attached hydrogen (secondary N) is 1. The third-order valence-corrected chi connectivity index (χ3v) is 5.85. The molecule has 2 aromatic rings. The van der Waals surface area contributed by atoms with Crippen LogP contribution in [0.5, 0.6) is 0 Å². The summed E-state index contributed by atoms with van der Waals surface area (Å²) in [6.07, 6.45) is 3.82. The highest BCUT2D eigenvalue weighted by atomic mass is 19.1. The molecule has 0 atom stereocenters. The fourth-order valence-electron chi connectivity index (χ4n) is 4.09. The number of hydrogen-bond donors (Lipinski definition) is 1. The van der Waals surface area contributed by atoms with Gasteiger partial charge in [-0.1, -0.05) is 18.2 Å². The van der Waals surface area contributed by atoms with E-state index in [0.29, 0.717) is 25.2 Å². The smallest absolute Gasteiger partial charge is 0.321 e. The van der Waals surface area contributed by atoms with E-state index >= 15 is 0 Å². The maximum Gasteiger partial charge on any atom is 0.321 e. The first-order chi connectivity index (χ1) is 14.2. The Morgan fingerprint density at radius 1 is 0.862 bits per heavy atom. The molecule has 0 radical (unpaired) electrons. The van der Waals surface area contributed by atoms with E-state index < -0.39 is 0 Å². The van der Waals surface area contributed by atoms with E-state index in [1.54, 1.807) is 6.07 Å². The van der Waals surface area contributed by atoms with E-state index in [9.17, 15) is 9.18 Å². The molecule has 2 aromatic carbocycles. The molecule has 2 amide bonds. The third kappa shape index (κ3) is 5.07. The van der Waals surface area contributed by atoms with Gasteiger partial charge >= 0.3 is 6.03 Å². The number of carbonyl (C=O) groups excluding carboxylic acids is 1. The van der Waals surface area contributed by atoms with Crippen LogP contribution in [-0.4, -0.2) is 55.1 Å². The molecule has 0 aromatic heterocycles. The van der Waals surface area contributed by atoms with Crippen molar-refractivity contribution >= 4 is 17.4 Å². The second-order valence-corrected chi connectivity index (χ2v) is 7.88. The second kappa shape index (κ2) is 9.27. The molecule has 2 saturated heterocycles. The Kier molecular flexibility index (Phi) is 6.30. The standard InChI is InChI=1S/C23H29FN4O/c24-22-7-3-2-6-19(22)18-26-14-16-28(17-15-26)23(29)25-20-8-10-21(11-9-20)27-12-4-1-5-13-27/h2-3,6-11H,1,4-5,12-18H2,(H,25,29). The Labute approximate surface area is 172 Å². The molecule has 5 nitrogen and oxygen atoms in total. The quantitative estimate of drug-likeness (QED) is 0.843. The van der Waals surface area contributed by atoms with Crippen molar-refractivity contribution in [2.75, 3.05) is 49.5 Å². The predicted molar refractivity (Wildman–Crippen MR) is 115 cm³/mol. The minimum Gasteiger partial charge on any atom is -0.372 e. The van der Waals surface area contributed by atoms with Gasteiger partial charge in [0.2, 0.25) is 0 Å². The number of benzene rings is 2. The molecule has 154 valence electrons. The van der Waals surface area contributed by atoms with Crippen molar-refractivity contribution in [1.29, 1.82) is 0 Å². The van der Waals surface area contributed by atoms with Crippen LogP contribution in [0.15, 0.2) is 48.5 Å². The number of anilines is 2. The van der Waals surface area contributed by atoms with Gasteiger partial charge in [0, 0.05) is 62.8 Å². The largest absolute Gasteiger partial charge is 0.372 e. The Morgan fingerprint density at radius 2 is 1.55 bits per heavy atom. The van der Waals surface area contributed by atoms with E-state index in [-0.39, 0.29) is 11.8 Å². The van der Waals surface area contributed by atoms with Crippen molar-refractivity contribution < 1.29 is 9.18 Å². The molecule has 0 bridgehead atoms. The van der Waals surface area contributed by atoms with Crippen LogP contribution in [0.2, 0.25) is 0 Å². The van der Waals surface area contributed by atoms with E-state index in [1.807, 2.05) is 29.2 Å². The van der Waals surface area contributed by atoms with Gasteiger partial charge in [0.25, 0.3) is 0 Å². The Morgan fingerprint density at radius 3 is 2.24 bits per heavy atom. The summed E-state index contributed by atoms with van der Waals surface area (Å²) in [6, 6.07) is 15.0. The van der Waals surface area contributed by atoms with Gasteiger partial charge in [-0.25, -0.2) is 9.18 Å². The van der Waals surface area contributed by atoms with Crippen molar-refractivity contribution in [3.05, 3.63) is 59.9 Å². The Hall–Kier alpha value is -2.60. The summed E-state index contributed by atoms with van der Waals surface area (Å²) < 4.78 is 13.8. The summed E-state index contributed by atoms with van der Waals surface area (Å²) in [5.41, 5.74) is 2.76. The minimum absolute atomic E-state index is 0.0683. The van der Waals surface area contributed by atoms with Gasteiger partial charge in [-0.2, -0.15) is 0 Å². The number of piperidine rings is 1. The molecular weight excluding hydrogens is 367 g/mol. The van der Waals surface area contributed by atoms with Crippen LogP contribution in [0.25, 0.3) is 0 Å². The van der Waals surface area contributed by atoms with E-state index in [0.717, 1.165) is 31.9 Å². The zero-order valence-electron chi connectivity index (χ0n) is 16.8. The topological polar surface area (TPSA) is 38.8 Å². The molecule has 0 aliphatic carbocycles. The normalized spacial score (nSPS) is 18.0. The second-order valence-electron chi connectivity index (χ2n) is 7.88. The number of nitrogens with zero attached hydrogens (tertiary/aromatic N) is 3. The molecule has 2 aliphatic heterocycles. The van der Waals surface area contributed by atoms with Gasteiger partial charge in [0.05, 0.1) is 0 Å². The lowest BCUT2D eigenvalue weighted by molar-refractivity contribution is 0.142. The highest BCUT2D eigenvalue weighted by Gasteiger charge is 2.22. The molecular formula is C23H29FN4O. The summed E-state index contributed by atoms with van der Waals surface area (Å²) in [4.78, 5) is 19.0. The zero-order chi connectivity index (χ0) is 20.1. The van der Waals surface area contributed by atoms with Crippen molar-refractivity contribution in [2.24, 2.45) is 0 Å². The van der Waals surface area contributed by atoms with Crippen LogP contribution in [0.4, 0.5) is 20.6 Å². The average molecular weight is 397 g/mol. The van der Waals surface area contributed by atoms with Crippen LogP contribution < -0.4 is 10.2 Å². The molecule has 2 fully saturated rings. The van der Waals surface area contributed by atoms with Crippen LogP contribution in [0.3, 0.4) is 0 Å². The first-order valence-corrected chi connectivity index (χ1v) is 10.6. The van der Waals surface area contributed by atoms with Crippen LogP contribution in [0.1, 0.15) is 24.8 Å². The summed E-state index contributed by atoms with van der Waals surface area (Å²) in [6.45, 7) is 5.59. The van der Waals surface area contributed by atoms with Crippen molar-refractivity contribution in [3.8, 4) is 0 Å². The number of rotatable bonds is 4. The first-order valence-electron chi connectivity index (χ1n) is 10.6. The Balaban J connectivity index is 1.26. The van der Waals surface area contributed by atoms with Gasteiger partial charge in [-0.05, 0) is 49.6 Å². The lowest BCUT2D eigenvalue weighted by Crippen LogP contribution is -2.49. The van der Waals surface area contributed by atoms with Gasteiger partial charge in [0.15, 0.2) is 0 Å². The number of carbonyl (C=O) groups is 1. The van der Waals surface area contributed by atoms with Crippen molar-refractivity contribution in [2.45, 2.75) is 25.8 Å². The van der Waals surface area contributed by atoms with Gasteiger partial charge in [0.1, 0.15) is 5.82 Å². The van der Waals surface area contributed by atoms with E-state index in [1.165, 1.54) is 31.0 Å².